The van der Waals surface area contributed by atoms with E-state index in [4.69, 9.17) is 0 Å². The molecule has 0 aliphatic rings. The normalized spacial score (nSPS) is 12.0. The summed E-state index contributed by atoms with van der Waals surface area (Å²) in [5.74, 6) is 0.133. The number of amides is 1. The van der Waals surface area contributed by atoms with E-state index >= 15 is 0 Å². The van der Waals surface area contributed by atoms with E-state index in [0.717, 1.165) is 12.0 Å². The first-order valence-electron chi connectivity index (χ1n) is 7.32. The summed E-state index contributed by atoms with van der Waals surface area (Å²) in [4.78, 5) is 21.6. The summed E-state index contributed by atoms with van der Waals surface area (Å²) in [7, 11) is 0. The molecule has 3 rings (SSSR count). The van der Waals surface area contributed by atoms with Crippen molar-refractivity contribution in [3.05, 3.63) is 58.8 Å². The Hall–Kier alpha value is -2.54. The molecular formula is C16H17N5OS. The minimum absolute atomic E-state index is 0.0717. The molecule has 0 radical (unpaired) electrons. The first-order chi connectivity index (χ1) is 11.2. The number of rotatable bonds is 6. The van der Waals surface area contributed by atoms with E-state index in [1.165, 1.54) is 4.88 Å². The number of hydrogen-bond acceptors (Lipinski definition) is 5. The molecule has 0 bridgehead atoms. The van der Waals surface area contributed by atoms with E-state index in [1.807, 2.05) is 36.6 Å². The van der Waals surface area contributed by atoms with E-state index in [-0.39, 0.29) is 11.8 Å². The molecule has 0 fully saturated rings. The van der Waals surface area contributed by atoms with Crippen LogP contribution in [0.5, 0.6) is 0 Å². The maximum atomic E-state index is 12.2. The van der Waals surface area contributed by atoms with Crippen LogP contribution in [0.1, 0.15) is 17.4 Å². The topological polar surface area (TPSA) is 72.7 Å². The van der Waals surface area contributed by atoms with Crippen LogP contribution in [0.15, 0.2) is 48.4 Å². The van der Waals surface area contributed by atoms with Crippen LogP contribution in [-0.2, 0) is 17.8 Å². The predicted octanol–water partition coefficient (Wildman–Crippen LogP) is 2.60. The fourth-order valence-electron chi connectivity index (χ4n) is 2.16. The molecule has 1 atom stereocenters. The van der Waals surface area contributed by atoms with Crippen LogP contribution in [0.25, 0.3) is 0 Å². The van der Waals surface area contributed by atoms with Crippen molar-refractivity contribution in [3.8, 4) is 0 Å². The second-order valence-corrected chi connectivity index (χ2v) is 6.33. The maximum absolute atomic E-state index is 12.2. The van der Waals surface area contributed by atoms with E-state index in [9.17, 15) is 4.79 Å². The van der Waals surface area contributed by atoms with Gasteiger partial charge in [0, 0.05) is 23.2 Å². The molecular weight excluding hydrogens is 310 g/mol. The Morgan fingerprint density at radius 2 is 2.30 bits per heavy atom. The quantitative estimate of drug-likeness (QED) is 0.755. The van der Waals surface area contributed by atoms with Gasteiger partial charge in [-0.3, -0.25) is 15.1 Å². The molecule has 0 aromatic carbocycles. The van der Waals surface area contributed by atoms with Crippen molar-refractivity contribution in [1.29, 1.82) is 0 Å². The third-order valence-electron chi connectivity index (χ3n) is 3.37. The maximum Gasteiger partial charge on any atom is 0.248 e. The van der Waals surface area contributed by atoms with Crippen molar-refractivity contribution in [1.82, 2.24) is 19.7 Å². The molecule has 6 nitrogen and oxygen atoms in total. The van der Waals surface area contributed by atoms with Crippen LogP contribution in [-0.4, -0.2) is 25.7 Å². The van der Waals surface area contributed by atoms with Crippen LogP contribution in [0.4, 0.5) is 5.95 Å². The summed E-state index contributed by atoms with van der Waals surface area (Å²) >= 11 is 1.66. The highest BCUT2D eigenvalue weighted by molar-refractivity contribution is 7.09. The van der Waals surface area contributed by atoms with Gasteiger partial charge < -0.3 is 0 Å². The van der Waals surface area contributed by atoms with Crippen LogP contribution < -0.4 is 5.32 Å². The molecule has 23 heavy (non-hydrogen) atoms. The SMILES string of the molecule is C[C@@H](Cc1cccs1)C(=O)Nc1ncn(Cc2cccnc2)n1. The number of nitrogens with zero attached hydrogens (tertiary/aromatic N) is 4. The number of pyridine rings is 1. The lowest BCUT2D eigenvalue weighted by Gasteiger charge is -2.08. The third-order valence-corrected chi connectivity index (χ3v) is 4.27. The molecule has 0 saturated carbocycles. The molecule has 7 heteroatoms. The van der Waals surface area contributed by atoms with Gasteiger partial charge in [0.25, 0.3) is 0 Å². The van der Waals surface area contributed by atoms with Crippen molar-refractivity contribution in [2.24, 2.45) is 5.92 Å². The Balaban J connectivity index is 1.57. The summed E-state index contributed by atoms with van der Waals surface area (Å²) in [6.45, 7) is 2.48. The van der Waals surface area contributed by atoms with Gasteiger partial charge in [0.15, 0.2) is 0 Å². The number of carbonyl (C=O) groups excluding carboxylic acids is 1. The molecule has 0 aliphatic carbocycles. The van der Waals surface area contributed by atoms with Crippen LogP contribution in [0, 0.1) is 5.92 Å². The average Bonchev–Trinajstić information content (AvgIpc) is 3.20. The highest BCUT2D eigenvalue weighted by Gasteiger charge is 2.16. The first kappa shape index (κ1) is 15.4. The minimum atomic E-state index is -0.126. The van der Waals surface area contributed by atoms with Gasteiger partial charge in [-0.25, -0.2) is 9.67 Å². The van der Waals surface area contributed by atoms with E-state index < -0.39 is 0 Å². The zero-order chi connectivity index (χ0) is 16.1. The summed E-state index contributed by atoms with van der Waals surface area (Å²) in [6, 6.07) is 7.87. The van der Waals surface area contributed by atoms with Gasteiger partial charge in [-0.1, -0.05) is 19.1 Å². The number of hydrogen-bond donors (Lipinski definition) is 1. The number of thiophene rings is 1. The lowest BCUT2D eigenvalue weighted by atomic mass is 10.1. The highest BCUT2D eigenvalue weighted by Crippen LogP contribution is 2.15. The van der Waals surface area contributed by atoms with Gasteiger partial charge in [0.05, 0.1) is 6.54 Å². The van der Waals surface area contributed by atoms with Gasteiger partial charge in [-0.05, 0) is 29.5 Å². The van der Waals surface area contributed by atoms with Gasteiger partial charge in [-0.15, -0.1) is 16.4 Å². The van der Waals surface area contributed by atoms with Gasteiger partial charge >= 0.3 is 0 Å². The summed E-state index contributed by atoms with van der Waals surface area (Å²) in [6.07, 6.45) is 5.83. The fourth-order valence-corrected chi connectivity index (χ4v) is 3.00. The van der Waals surface area contributed by atoms with Gasteiger partial charge in [0.1, 0.15) is 6.33 Å². The van der Waals surface area contributed by atoms with Crippen LogP contribution >= 0.6 is 11.3 Å². The Labute approximate surface area is 138 Å². The molecule has 0 spiro atoms. The Morgan fingerprint density at radius 1 is 1.39 bits per heavy atom. The minimum Gasteiger partial charge on any atom is -0.293 e. The number of carbonyl (C=O) groups is 1. The molecule has 1 amide bonds. The van der Waals surface area contributed by atoms with E-state index in [1.54, 1.807) is 34.7 Å². The summed E-state index contributed by atoms with van der Waals surface area (Å²) in [5.41, 5.74) is 1.03. The highest BCUT2D eigenvalue weighted by atomic mass is 32.1. The van der Waals surface area contributed by atoms with Gasteiger partial charge in [-0.2, -0.15) is 0 Å². The number of nitrogens with one attached hydrogen (secondary N) is 1. The Bertz CT molecular complexity index is 754. The second-order valence-electron chi connectivity index (χ2n) is 5.30. The van der Waals surface area contributed by atoms with Crippen molar-refractivity contribution >= 4 is 23.2 Å². The summed E-state index contributed by atoms with van der Waals surface area (Å²) in [5, 5.41) is 9.06. The fraction of sp³-hybridized carbons (Fsp3) is 0.250. The van der Waals surface area contributed by atoms with Crippen molar-refractivity contribution < 1.29 is 4.79 Å². The standard InChI is InChI=1S/C16H17N5OS/c1-12(8-14-5-3-7-23-14)15(22)19-16-18-11-21(20-16)10-13-4-2-6-17-9-13/h2-7,9,11-12H,8,10H2,1H3,(H,19,20,22)/t12-/m0/s1. The third kappa shape index (κ3) is 4.23. The monoisotopic (exact) mass is 327 g/mol. The molecule has 3 heterocycles. The van der Waals surface area contributed by atoms with Crippen molar-refractivity contribution in [2.45, 2.75) is 19.9 Å². The van der Waals surface area contributed by atoms with Gasteiger partial charge in [0.2, 0.25) is 11.9 Å². The molecule has 0 aliphatic heterocycles. The van der Waals surface area contributed by atoms with Crippen molar-refractivity contribution in [3.63, 3.8) is 0 Å². The molecule has 118 valence electrons. The predicted molar refractivity (Wildman–Crippen MR) is 89.2 cm³/mol. The zero-order valence-corrected chi connectivity index (χ0v) is 13.5. The largest absolute Gasteiger partial charge is 0.293 e. The molecule has 0 saturated heterocycles. The van der Waals surface area contributed by atoms with E-state index in [0.29, 0.717) is 12.5 Å². The van der Waals surface area contributed by atoms with Crippen LogP contribution in [0.3, 0.4) is 0 Å². The second kappa shape index (κ2) is 7.15. The average molecular weight is 327 g/mol. The molecule has 0 unspecified atom stereocenters. The molecule has 3 aromatic rings. The zero-order valence-electron chi connectivity index (χ0n) is 12.7. The Kier molecular flexibility index (Phi) is 4.77. The van der Waals surface area contributed by atoms with E-state index in [2.05, 4.69) is 20.4 Å². The number of aromatic nitrogens is 4. The Morgan fingerprint density at radius 3 is 3.04 bits per heavy atom. The smallest absolute Gasteiger partial charge is 0.248 e. The number of anilines is 1. The molecule has 1 N–H and O–H groups in total. The first-order valence-corrected chi connectivity index (χ1v) is 8.20. The lowest BCUT2D eigenvalue weighted by Crippen LogP contribution is -2.22. The molecule has 3 aromatic heterocycles. The van der Waals surface area contributed by atoms with Crippen molar-refractivity contribution in [2.75, 3.05) is 5.32 Å². The van der Waals surface area contributed by atoms with Crippen LogP contribution in [0.2, 0.25) is 0 Å². The summed E-state index contributed by atoms with van der Waals surface area (Å²) < 4.78 is 1.68. The lowest BCUT2D eigenvalue weighted by molar-refractivity contribution is -0.119.